The van der Waals surface area contributed by atoms with Crippen LogP contribution in [0, 0.1) is 0 Å². The van der Waals surface area contributed by atoms with Gasteiger partial charge in [0.2, 0.25) is 11.8 Å². The molecule has 0 aromatic rings. The molecule has 3 atom stereocenters. The Labute approximate surface area is 207 Å². The molecule has 0 radical (unpaired) electrons. The molecule has 3 unspecified atom stereocenters. The summed E-state index contributed by atoms with van der Waals surface area (Å²) in [6.45, 7) is 8.74. The molecule has 0 aromatic heterocycles. The molecule has 0 aliphatic rings. The van der Waals surface area contributed by atoms with Gasteiger partial charge in [-0.25, -0.2) is 9.59 Å². The maximum absolute atomic E-state index is 11.2. The van der Waals surface area contributed by atoms with E-state index in [-0.39, 0.29) is 11.8 Å². The Morgan fingerprint density at radius 1 is 0.781 bits per heavy atom. The Bertz CT molecular complexity index is 554. The Morgan fingerprint density at radius 3 is 1.72 bits per heavy atom. The van der Waals surface area contributed by atoms with Crippen molar-refractivity contribution >= 4 is 66.9 Å². The predicted octanol–water partition coefficient (Wildman–Crippen LogP) is 4.29. The first-order valence-corrected chi connectivity index (χ1v) is 15.6. The third-order valence-corrected chi connectivity index (χ3v) is 9.19. The highest BCUT2D eigenvalue weighted by Crippen LogP contribution is 2.35. The molecule has 0 spiro atoms. The maximum Gasteiger partial charge on any atom is 0.327 e. The van der Waals surface area contributed by atoms with Crippen molar-refractivity contribution in [2.75, 3.05) is 17.3 Å². The number of carbonyl (C=O) groups excluding carboxylic acids is 2. The summed E-state index contributed by atoms with van der Waals surface area (Å²) in [5.41, 5.74) is 0. The van der Waals surface area contributed by atoms with Gasteiger partial charge in [0.25, 0.3) is 0 Å². The van der Waals surface area contributed by atoms with Gasteiger partial charge in [-0.1, -0.05) is 83.2 Å². The molecule has 0 aliphatic carbocycles. The first-order valence-electron chi connectivity index (χ1n) is 10.7. The first-order chi connectivity index (χ1) is 15.2. The van der Waals surface area contributed by atoms with Crippen molar-refractivity contribution < 1.29 is 29.4 Å². The summed E-state index contributed by atoms with van der Waals surface area (Å²) in [6.07, 6.45) is 5.31. The maximum atomic E-state index is 11.2. The van der Waals surface area contributed by atoms with Crippen molar-refractivity contribution in [2.45, 2.75) is 84.1 Å². The lowest BCUT2D eigenvalue weighted by molar-refractivity contribution is -0.141. The molecule has 188 valence electrons. The van der Waals surface area contributed by atoms with Crippen molar-refractivity contribution in [3.05, 3.63) is 0 Å². The number of unbranched alkanes of at least 4 members (excludes halogenated alkanes) is 2. The van der Waals surface area contributed by atoms with Gasteiger partial charge < -0.3 is 20.8 Å². The van der Waals surface area contributed by atoms with E-state index in [1.54, 1.807) is 21.6 Å². The van der Waals surface area contributed by atoms with Crippen LogP contribution in [0.25, 0.3) is 0 Å². The van der Waals surface area contributed by atoms with E-state index in [1.165, 1.54) is 35.4 Å². The van der Waals surface area contributed by atoms with Gasteiger partial charge in [-0.3, -0.25) is 9.59 Å². The molecule has 2 amide bonds. The van der Waals surface area contributed by atoms with Gasteiger partial charge in [-0.15, -0.1) is 0 Å². The van der Waals surface area contributed by atoms with E-state index in [1.807, 2.05) is 13.8 Å². The number of aliphatic carboxylic acids is 2. The van der Waals surface area contributed by atoms with E-state index in [0.717, 1.165) is 37.9 Å². The fourth-order valence-electron chi connectivity index (χ4n) is 2.26. The van der Waals surface area contributed by atoms with Crippen LogP contribution in [0.5, 0.6) is 0 Å². The van der Waals surface area contributed by atoms with Crippen LogP contribution in [-0.2, 0) is 19.2 Å². The Hall–Kier alpha value is -0.720. The molecule has 0 bridgehead atoms. The van der Waals surface area contributed by atoms with Gasteiger partial charge in [0.05, 0.1) is 0 Å². The third kappa shape index (κ3) is 19.9. The number of amides is 2. The van der Waals surface area contributed by atoms with E-state index in [2.05, 4.69) is 17.6 Å². The van der Waals surface area contributed by atoms with Crippen molar-refractivity contribution in [3.63, 3.8) is 0 Å². The molecule has 0 heterocycles. The second kappa shape index (κ2) is 22.1. The molecule has 0 aliphatic heterocycles. The lowest BCUT2D eigenvalue weighted by Crippen LogP contribution is -2.41. The summed E-state index contributed by atoms with van der Waals surface area (Å²) in [6, 6.07) is -1.80. The second-order valence-corrected chi connectivity index (χ2v) is 11.9. The number of nitrogens with one attached hydrogen (secondary N) is 2. The van der Waals surface area contributed by atoms with E-state index >= 15 is 0 Å². The van der Waals surface area contributed by atoms with Crippen LogP contribution in [0.4, 0.5) is 0 Å². The molecule has 0 rings (SSSR count). The summed E-state index contributed by atoms with van der Waals surface area (Å²) in [7, 11) is 6.10. The van der Waals surface area contributed by atoms with Gasteiger partial charge in [-0.2, -0.15) is 0 Å². The highest BCUT2D eigenvalue weighted by molar-refractivity contribution is 8.77. The van der Waals surface area contributed by atoms with Crippen molar-refractivity contribution in [1.82, 2.24) is 10.6 Å². The van der Waals surface area contributed by atoms with E-state index < -0.39 is 24.0 Å². The Balaban J connectivity index is 0. The number of carboxylic acids is 2. The van der Waals surface area contributed by atoms with Crippen LogP contribution in [0.1, 0.15) is 66.7 Å². The van der Waals surface area contributed by atoms with Crippen LogP contribution in [-0.4, -0.2) is 68.6 Å². The minimum Gasteiger partial charge on any atom is -0.480 e. The minimum atomic E-state index is -1.05. The topological polar surface area (TPSA) is 133 Å². The Morgan fingerprint density at radius 2 is 1.28 bits per heavy atom. The molecule has 32 heavy (non-hydrogen) atoms. The van der Waals surface area contributed by atoms with Crippen LogP contribution in [0.3, 0.4) is 0 Å². The fourth-order valence-corrected chi connectivity index (χ4v) is 7.61. The average Bonchev–Trinajstić information content (AvgIpc) is 2.72. The number of rotatable bonds is 18. The lowest BCUT2D eigenvalue weighted by atomic mass is 10.1. The summed E-state index contributed by atoms with van der Waals surface area (Å²) in [4.78, 5) is 44.5. The number of hydrogen-bond donors (Lipinski definition) is 4. The zero-order valence-electron chi connectivity index (χ0n) is 19.5. The number of carbonyl (C=O) groups is 4. The van der Waals surface area contributed by atoms with Gasteiger partial charge in [0, 0.05) is 36.4 Å². The molecule has 8 nitrogen and oxygen atoms in total. The quantitative estimate of drug-likeness (QED) is 0.150. The summed E-state index contributed by atoms with van der Waals surface area (Å²) >= 11 is 0. The van der Waals surface area contributed by atoms with Crippen LogP contribution in [0.2, 0.25) is 0 Å². The predicted molar refractivity (Wildman–Crippen MR) is 139 cm³/mol. The first kappa shape index (κ1) is 33.5. The second-order valence-electron chi connectivity index (χ2n) is 6.58. The van der Waals surface area contributed by atoms with Gasteiger partial charge in [-0.05, 0) is 12.8 Å². The summed E-state index contributed by atoms with van der Waals surface area (Å²) in [5.74, 6) is -1.40. The molecule has 0 saturated carbocycles. The van der Waals surface area contributed by atoms with Crippen molar-refractivity contribution in [2.24, 2.45) is 0 Å². The molecule has 12 heteroatoms. The number of hydrogen-bond acceptors (Lipinski definition) is 8. The zero-order valence-corrected chi connectivity index (χ0v) is 22.8. The Kier molecular flexibility index (Phi) is 23.1. The van der Waals surface area contributed by atoms with E-state index in [0.29, 0.717) is 16.8 Å². The van der Waals surface area contributed by atoms with E-state index in [9.17, 15) is 24.3 Å². The molecular formula is C20H38N2O6S4. The van der Waals surface area contributed by atoms with Gasteiger partial charge in [0.15, 0.2) is 0 Å². The van der Waals surface area contributed by atoms with E-state index in [4.69, 9.17) is 5.11 Å². The normalized spacial score (nSPS) is 13.2. The summed E-state index contributed by atoms with van der Waals surface area (Å²) in [5, 5.41) is 23.5. The SMILES string of the molecule is CC.CCCCCC(CCSSCC(NC(C)=O)C(=O)O)SSCC(NC(C)=O)C(=O)O. The highest BCUT2D eigenvalue weighted by Gasteiger charge is 2.20. The lowest BCUT2D eigenvalue weighted by Gasteiger charge is -2.18. The van der Waals surface area contributed by atoms with Crippen LogP contribution < -0.4 is 10.6 Å². The number of carboxylic acid groups (broad SMARTS) is 2. The fraction of sp³-hybridized carbons (Fsp3) is 0.800. The third-order valence-electron chi connectivity index (χ3n) is 3.76. The van der Waals surface area contributed by atoms with Crippen molar-refractivity contribution in [1.29, 1.82) is 0 Å². The van der Waals surface area contributed by atoms with Crippen molar-refractivity contribution in [3.8, 4) is 0 Å². The van der Waals surface area contributed by atoms with Gasteiger partial charge >= 0.3 is 11.9 Å². The minimum absolute atomic E-state index is 0.291. The van der Waals surface area contributed by atoms with Crippen LogP contribution >= 0.6 is 43.2 Å². The van der Waals surface area contributed by atoms with Crippen LogP contribution in [0.15, 0.2) is 0 Å². The smallest absolute Gasteiger partial charge is 0.327 e. The standard InChI is InChI=1S/C18H32N2O6S4.C2H6/c1-4-5-6-7-14(30-29-11-16(18(25)26)20-13(3)22)8-9-27-28-10-15(17(23)24)19-12(2)21;1-2/h14-16H,4-11H2,1-3H3,(H,19,21)(H,20,22)(H,23,24)(H,25,26);1-2H3. The molecule has 4 N–H and O–H groups in total. The summed E-state index contributed by atoms with van der Waals surface area (Å²) < 4.78 is 0. The van der Waals surface area contributed by atoms with Gasteiger partial charge in [0.1, 0.15) is 12.1 Å². The molecule has 0 fully saturated rings. The monoisotopic (exact) mass is 530 g/mol. The molecular weight excluding hydrogens is 492 g/mol. The largest absolute Gasteiger partial charge is 0.480 e. The molecule has 0 aromatic carbocycles. The average molecular weight is 531 g/mol. The zero-order chi connectivity index (χ0) is 24.9. The highest BCUT2D eigenvalue weighted by atomic mass is 33.1. The molecule has 0 saturated heterocycles.